The van der Waals surface area contributed by atoms with Gasteiger partial charge in [-0.2, -0.15) is 0 Å². The fourth-order valence-corrected chi connectivity index (χ4v) is 2.31. The highest BCUT2D eigenvalue weighted by Crippen LogP contribution is 2.23. The van der Waals surface area contributed by atoms with E-state index < -0.39 is 4.84 Å². The summed E-state index contributed by atoms with van der Waals surface area (Å²) in [6.45, 7) is 0. The number of ketones is 1. The molecule has 0 spiro atoms. The Balaban J connectivity index is 2.85. The predicted molar refractivity (Wildman–Crippen MR) is 51.8 cm³/mol. The Morgan fingerprint density at radius 2 is 2.27 bits per heavy atom. The predicted octanol–water partition coefficient (Wildman–Crippen LogP) is 3.50. The number of halogens is 3. The zero-order valence-electron chi connectivity index (χ0n) is 5.18. The van der Waals surface area contributed by atoms with E-state index in [0.29, 0.717) is 4.88 Å². The molecular weight excluding hydrogens is 271 g/mol. The molecule has 60 valence electrons. The van der Waals surface area contributed by atoms with E-state index in [2.05, 4.69) is 15.9 Å². The molecule has 0 saturated heterocycles. The van der Waals surface area contributed by atoms with Gasteiger partial charge in [0.2, 0.25) is 5.78 Å². The quantitative estimate of drug-likeness (QED) is 0.596. The van der Waals surface area contributed by atoms with Crippen molar-refractivity contribution < 1.29 is 4.79 Å². The lowest BCUT2D eigenvalue weighted by molar-refractivity contribution is 0.101. The lowest BCUT2D eigenvalue weighted by Gasteiger charge is -1.94. The molecule has 0 unspecified atom stereocenters. The maximum absolute atomic E-state index is 11.1. The molecule has 0 bridgehead atoms. The number of thiophene rings is 1. The maximum Gasteiger partial charge on any atom is 0.205 e. The molecule has 1 aromatic heterocycles. The molecule has 0 N–H and O–H groups in total. The number of rotatable bonds is 2. The van der Waals surface area contributed by atoms with Crippen molar-refractivity contribution in [3.05, 3.63) is 20.8 Å². The minimum absolute atomic E-state index is 0.246. The lowest BCUT2D eigenvalue weighted by Crippen LogP contribution is -2.05. The van der Waals surface area contributed by atoms with E-state index in [1.54, 1.807) is 6.07 Å². The number of carbonyl (C=O) groups is 1. The average Bonchev–Trinajstić information content (AvgIpc) is 2.34. The summed E-state index contributed by atoms with van der Waals surface area (Å²) < 4.78 is 0.875. The molecular formula is C6H3BrCl2OS. The van der Waals surface area contributed by atoms with Crippen molar-refractivity contribution in [2.75, 3.05) is 0 Å². The molecule has 0 aliphatic rings. The fraction of sp³-hybridized carbons (Fsp3) is 0.167. The van der Waals surface area contributed by atoms with Gasteiger partial charge < -0.3 is 0 Å². The molecule has 0 fully saturated rings. The van der Waals surface area contributed by atoms with Crippen LogP contribution in [0.15, 0.2) is 15.9 Å². The van der Waals surface area contributed by atoms with Crippen LogP contribution >= 0.6 is 50.5 Å². The summed E-state index contributed by atoms with van der Waals surface area (Å²) >= 11 is 15.3. The topological polar surface area (TPSA) is 17.1 Å². The first-order chi connectivity index (χ1) is 5.11. The Bertz CT molecular complexity index is 271. The molecule has 0 saturated carbocycles. The van der Waals surface area contributed by atoms with E-state index >= 15 is 0 Å². The Morgan fingerprint density at radius 1 is 1.64 bits per heavy atom. The van der Waals surface area contributed by atoms with Crippen LogP contribution in [0.4, 0.5) is 0 Å². The SMILES string of the molecule is O=C(c1cc(Br)cs1)C(Cl)Cl. The van der Waals surface area contributed by atoms with Gasteiger partial charge in [0, 0.05) is 9.85 Å². The van der Waals surface area contributed by atoms with Crippen LogP contribution in [0.25, 0.3) is 0 Å². The second-order valence-corrected chi connectivity index (χ2v) is 4.72. The van der Waals surface area contributed by atoms with Gasteiger partial charge in [0.25, 0.3) is 0 Å². The van der Waals surface area contributed by atoms with Crippen molar-refractivity contribution in [1.82, 2.24) is 0 Å². The third-order valence-electron chi connectivity index (χ3n) is 1.01. The number of hydrogen-bond acceptors (Lipinski definition) is 2. The third-order valence-corrected chi connectivity index (χ3v) is 3.11. The molecule has 5 heteroatoms. The molecule has 0 aliphatic heterocycles. The maximum atomic E-state index is 11.1. The van der Waals surface area contributed by atoms with E-state index in [1.165, 1.54) is 11.3 Å². The van der Waals surface area contributed by atoms with Gasteiger partial charge in [0.15, 0.2) is 4.84 Å². The van der Waals surface area contributed by atoms with Crippen molar-refractivity contribution in [2.24, 2.45) is 0 Å². The smallest absolute Gasteiger partial charge is 0.205 e. The molecule has 1 aromatic rings. The second-order valence-electron chi connectivity index (χ2n) is 1.79. The first-order valence-electron chi connectivity index (χ1n) is 2.67. The van der Waals surface area contributed by atoms with Crippen LogP contribution < -0.4 is 0 Å². The van der Waals surface area contributed by atoms with Crippen molar-refractivity contribution in [2.45, 2.75) is 4.84 Å². The largest absolute Gasteiger partial charge is 0.290 e. The Kier molecular flexibility index (Phi) is 3.37. The van der Waals surface area contributed by atoms with Crippen LogP contribution in [0.3, 0.4) is 0 Å². The highest BCUT2D eigenvalue weighted by atomic mass is 79.9. The Hall–Kier alpha value is 0.430. The van der Waals surface area contributed by atoms with Crippen LogP contribution in [0.1, 0.15) is 9.67 Å². The van der Waals surface area contributed by atoms with E-state index in [9.17, 15) is 4.79 Å². The summed E-state index contributed by atoms with van der Waals surface area (Å²) in [5.41, 5.74) is 0. The first kappa shape index (κ1) is 9.52. The molecule has 1 heterocycles. The van der Waals surface area contributed by atoms with Gasteiger partial charge in [0.1, 0.15) is 0 Å². The zero-order chi connectivity index (χ0) is 8.43. The minimum Gasteiger partial charge on any atom is -0.290 e. The lowest BCUT2D eigenvalue weighted by atomic mass is 10.3. The van der Waals surface area contributed by atoms with Crippen molar-refractivity contribution in [3.8, 4) is 0 Å². The Morgan fingerprint density at radius 3 is 2.64 bits per heavy atom. The number of hydrogen-bond donors (Lipinski definition) is 0. The molecule has 0 aliphatic carbocycles. The van der Waals surface area contributed by atoms with Gasteiger partial charge >= 0.3 is 0 Å². The van der Waals surface area contributed by atoms with Crippen LogP contribution in [-0.2, 0) is 0 Å². The molecule has 11 heavy (non-hydrogen) atoms. The molecule has 0 aromatic carbocycles. The number of carbonyl (C=O) groups excluding carboxylic acids is 1. The summed E-state index contributed by atoms with van der Waals surface area (Å²) in [6, 6.07) is 1.70. The van der Waals surface area contributed by atoms with Crippen LogP contribution in [0, 0.1) is 0 Å². The van der Waals surface area contributed by atoms with Crippen molar-refractivity contribution in [1.29, 1.82) is 0 Å². The van der Waals surface area contributed by atoms with E-state index in [1.807, 2.05) is 5.38 Å². The Labute approximate surface area is 86.4 Å². The van der Waals surface area contributed by atoms with Crippen LogP contribution in [0.2, 0.25) is 0 Å². The monoisotopic (exact) mass is 272 g/mol. The first-order valence-corrected chi connectivity index (χ1v) is 5.22. The van der Waals surface area contributed by atoms with Crippen molar-refractivity contribution >= 4 is 56.3 Å². The normalized spacial score (nSPS) is 10.5. The average molecular weight is 274 g/mol. The van der Waals surface area contributed by atoms with Gasteiger partial charge in [-0.15, -0.1) is 11.3 Å². The molecule has 0 atom stereocenters. The second kappa shape index (κ2) is 3.90. The summed E-state index contributed by atoms with van der Waals surface area (Å²) in [5.74, 6) is -0.246. The van der Waals surface area contributed by atoms with Crippen LogP contribution in [-0.4, -0.2) is 10.6 Å². The highest BCUT2D eigenvalue weighted by Gasteiger charge is 2.15. The zero-order valence-corrected chi connectivity index (χ0v) is 9.10. The van der Waals surface area contributed by atoms with Gasteiger partial charge in [-0.1, -0.05) is 23.2 Å². The molecule has 1 nitrogen and oxygen atoms in total. The fourth-order valence-electron chi connectivity index (χ4n) is 0.550. The van der Waals surface area contributed by atoms with Gasteiger partial charge in [-0.05, 0) is 22.0 Å². The molecule has 0 amide bonds. The van der Waals surface area contributed by atoms with Gasteiger partial charge in [-0.25, -0.2) is 0 Å². The van der Waals surface area contributed by atoms with Crippen molar-refractivity contribution in [3.63, 3.8) is 0 Å². The summed E-state index contributed by atoms with van der Waals surface area (Å²) in [6.07, 6.45) is 0. The number of Topliss-reactive ketones (excluding diaryl/α,β-unsaturated/α-hetero) is 1. The van der Waals surface area contributed by atoms with E-state index in [0.717, 1.165) is 4.47 Å². The highest BCUT2D eigenvalue weighted by molar-refractivity contribution is 9.10. The summed E-state index contributed by atoms with van der Waals surface area (Å²) in [5, 5.41) is 1.81. The molecule has 1 rings (SSSR count). The summed E-state index contributed by atoms with van der Waals surface area (Å²) in [7, 11) is 0. The van der Waals surface area contributed by atoms with Gasteiger partial charge in [0.05, 0.1) is 4.88 Å². The van der Waals surface area contributed by atoms with Gasteiger partial charge in [-0.3, -0.25) is 4.79 Å². The molecule has 0 radical (unpaired) electrons. The number of alkyl halides is 2. The summed E-state index contributed by atoms with van der Waals surface area (Å²) in [4.78, 5) is 10.7. The van der Waals surface area contributed by atoms with E-state index in [4.69, 9.17) is 23.2 Å². The van der Waals surface area contributed by atoms with Crippen LogP contribution in [0.5, 0.6) is 0 Å². The third kappa shape index (κ3) is 2.44. The minimum atomic E-state index is -0.958. The standard InChI is InChI=1S/C6H3BrCl2OS/c7-3-1-4(11-2-3)5(10)6(8)9/h1-2,6H. The van der Waals surface area contributed by atoms with E-state index in [-0.39, 0.29) is 5.78 Å².